The fourth-order valence-corrected chi connectivity index (χ4v) is 4.72. The van der Waals surface area contributed by atoms with E-state index in [1.165, 1.54) is 17.7 Å². The molecule has 3 heteroatoms. The summed E-state index contributed by atoms with van der Waals surface area (Å²) in [4.78, 5) is 12.5. The SMILES string of the molecule is CC12CCC(c3c1n(Cc1ccccc1)[nH]c3=O)C2(C)C. The van der Waals surface area contributed by atoms with Gasteiger partial charge in [0, 0.05) is 11.0 Å². The Morgan fingerprint density at radius 2 is 1.95 bits per heavy atom. The van der Waals surface area contributed by atoms with E-state index in [9.17, 15) is 4.79 Å². The fraction of sp³-hybridized carbons (Fsp3) is 0.500. The first-order valence-electron chi connectivity index (χ1n) is 7.82. The van der Waals surface area contributed by atoms with Crippen LogP contribution in [-0.4, -0.2) is 9.78 Å². The Morgan fingerprint density at radius 3 is 2.67 bits per heavy atom. The van der Waals surface area contributed by atoms with Crippen LogP contribution >= 0.6 is 0 Å². The molecule has 1 heterocycles. The van der Waals surface area contributed by atoms with Crippen LogP contribution in [0.1, 0.15) is 56.4 Å². The number of aromatic nitrogens is 2. The van der Waals surface area contributed by atoms with E-state index in [-0.39, 0.29) is 16.4 Å². The Labute approximate surface area is 125 Å². The number of benzene rings is 1. The first kappa shape index (κ1) is 12.9. The molecule has 1 N–H and O–H groups in total. The Bertz CT molecular complexity index is 753. The van der Waals surface area contributed by atoms with E-state index >= 15 is 0 Å². The maximum atomic E-state index is 12.5. The van der Waals surface area contributed by atoms with E-state index in [0.717, 1.165) is 18.5 Å². The van der Waals surface area contributed by atoms with Crippen LogP contribution in [0.5, 0.6) is 0 Å². The molecule has 110 valence electrons. The molecule has 1 saturated carbocycles. The van der Waals surface area contributed by atoms with E-state index in [0.29, 0.717) is 5.92 Å². The lowest BCUT2D eigenvalue weighted by Crippen LogP contribution is -2.34. The number of nitrogens with zero attached hydrogens (tertiary/aromatic N) is 1. The van der Waals surface area contributed by atoms with E-state index in [4.69, 9.17) is 0 Å². The molecule has 0 amide bonds. The molecule has 3 nitrogen and oxygen atoms in total. The number of H-pyrrole nitrogens is 1. The molecule has 0 spiro atoms. The Morgan fingerprint density at radius 1 is 1.24 bits per heavy atom. The van der Waals surface area contributed by atoms with Crippen LogP contribution in [0.15, 0.2) is 35.1 Å². The van der Waals surface area contributed by atoms with Crippen molar-refractivity contribution in [1.82, 2.24) is 9.78 Å². The minimum Gasteiger partial charge on any atom is -0.284 e. The lowest BCUT2D eigenvalue weighted by atomic mass is 9.70. The Kier molecular flexibility index (Phi) is 2.40. The molecule has 2 aromatic rings. The van der Waals surface area contributed by atoms with Gasteiger partial charge in [0.05, 0.1) is 12.2 Å². The molecule has 0 radical (unpaired) electrons. The number of hydrogen-bond acceptors (Lipinski definition) is 1. The molecule has 2 unspecified atom stereocenters. The van der Waals surface area contributed by atoms with Gasteiger partial charge in [0.15, 0.2) is 0 Å². The smallest absolute Gasteiger partial charge is 0.267 e. The fourth-order valence-electron chi connectivity index (χ4n) is 4.72. The molecule has 2 bridgehead atoms. The molecule has 1 fully saturated rings. The van der Waals surface area contributed by atoms with Gasteiger partial charge in [0.25, 0.3) is 5.56 Å². The van der Waals surface area contributed by atoms with E-state index < -0.39 is 0 Å². The predicted molar refractivity (Wildman–Crippen MR) is 83.7 cm³/mol. The Balaban J connectivity index is 1.87. The van der Waals surface area contributed by atoms with Crippen LogP contribution in [0.3, 0.4) is 0 Å². The van der Waals surface area contributed by atoms with Crippen LogP contribution in [0.2, 0.25) is 0 Å². The molecule has 4 rings (SSSR count). The Hall–Kier alpha value is -1.77. The summed E-state index contributed by atoms with van der Waals surface area (Å²) in [6.07, 6.45) is 2.33. The van der Waals surface area contributed by atoms with Crippen molar-refractivity contribution < 1.29 is 0 Å². The highest BCUT2D eigenvalue weighted by molar-refractivity contribution is 5.45. The zero-order valence-electron chi connectivity index (χ0n) is 12.9. The number of hydrogen-bond donors (Lipinski definition) is 1. The average molecular weight is 282 g/mol. The highest BCUT2D eigenvalue weighted by Gasteiger charge is 2.62. The lowest BCUT2D eigenvalue weighted by Gasteiger charge is -2.35. The van der Waals surface area contributed by atoms with E-state index in [1.807, 2.05) is 6.07 Å². The first-order chi connectivity index (χ1) is 9.95. The van der Waals surface area contributed by atoms with E-state index in [1.54, 1.807) is 0 Å². The minimum absolute atomic E-state index is 0.112. The summed E-state index contributed by atoms with van der Waals surface area (Å²) in [7, 11) is 0. The van der Waals surface area contributed by atoms with Crippen molar-refractivity contribution in [2.75, 3.05) is 0 Å². The maximum absolute atomic E-state index is 12.5. The number of aromatic amines is 1. The number of rotatable bonds is 2. The second kappa shape index (κ2) is 3.90. The molecule has 1 aromatic heterocycles. The summed E-state index contributed by atoms with van der Waals surface area (Å²) < 4.78 is 2.11. The molecular weight excluding hydrogens is 260 g/mol. The summed E-state index contributed by atoms with van der Waals surface area (Å²) in [6.45, 7) is 7.76. The lowest BCUT2D eigenvalue weighted by molar-refractivity contribution is 0.218. The molecule has 1 aromatic carbocycles. The molecule has 2 aliphatic carbocycles. The molecule has 0 saturated heterocycles. The van der Waals surface area contributed by atoms with Gasteiger partial charge in [-0.15, -0.1) is 0 Å². The van der Waals surface area contributed by atoms with Gasteiger partial charge in [-0.25, -0.2) is 0 Å². The third kappa shape index (κ3) is 1.47. The van der Waals surface area contributed by atoms with Gasteiger partial charge in [-0.1, -0.05) is 51.1 Å². The van der Waals surface area contributed by atoms with Crippen LogP contribution < -0.4 is 5.56 Å². The first-order valence-corrected chi connectivity index (χ1v) is 7.82. The van der Waals surface area contributed by atoms with Gasteiger partial charge in [0.1, 0.15) is 0 Å². The van der Waals surface area contributed by atoms with Crippen LogP contribution in [-0.2, 0) is 12.0 Å². The quantitative estimate of drug-likeness (QED) is 0.900. The van der Waals surface area contributed by atoms with Gasteiger partial charge >= 0.3 is 0 Å². The average Bonchev–Trinajstić information content (AvgIpc) is 2.95. The largest absolute Gasteiger partial charge is 0.284 e. The predicted octanol–water partition coefficient (Wildman–Crippen LogP) is 3.40. The molecule has 2 atom stereocenters. The van der Waals surface area contributed by atoms with E-state index in [2.05, 4.69) is 54.8 Å². The summed E-state index contributed by atoms with van der Waals surface area (Å²) >= 11 is 0. The zero-order chi connectivity index (χ0) is 14.8. The summed E-state index contributed by atoms with van der Waals surface area (Å²) in [6, 6.07) is 10.4. The van der Waals surface area contributed by atoms with Crippen LogP contribution in [0.25, 0.3) is 0 Å². The standard InChI is InChI=1S/C18H22N2O/c1-17(2)13-9-10-18(17,3)15-14(13)16(21)19-20(15)11-12-7-5-4-6-8-12/h4-8,13H,9-11H2,1-3H3,(H,19,21). The summed E-state index contributed by atoms with van der Waals surface area (Å²) in [5.41, 5.74) is 3.98. The van der Waals surface area contributed by atoms with Crippen molar-refractivity contribution in [1.29, 1.82) is 0 Å². The van der Waals surface area contributed by atoms with Crippen LogP contribution in [0, 0.1) is 5.41 Å². The van der Waals surface area contributed by atoms with Crippen molar-refractivity contribution in [3.05, 3.63) is 57.5 Å². The summed E-state index contributed by atoms with van der Waals surface area (Å²) in [5, 5.41) is 3.09. The summed E-state index contributed by atoms with van der Waals surface area (Å²) in [5.74, 6) is 0.415. The van der Waals surface area contributed by atoms with Crippen molar-refractivity contribution in [3.8, 4) is 0 Å². The normalized spacial score (nSPS) is 28.8. The monoisotopic (exact) mass is 282 g/mol. The molecule has 0 aliphatic heterocycles. The molecule has 2 aliphatic rings. The van der Waals surface area contributed by atoms with Gasteiger partial charge in [-0.2, -0.15) is 0 Å². The van der Waals surface area contributed by atoms with Gasteiger partial charge in [-0.3, -0.25) is 14.6 Å². The third-order valence-electron chi connectivity index (χ3n) is 6.29. The van der Waals surface area contributed by atoms with Crippen molar-refractivity contribution in [2.45, 2.75) is 51.5 Å². The van der Waals surface area contributed by atoms with Gasteiger partial charge < -0.3 is 0 Å². The topological polar surface area (TPSA) is 37.8 Å². The maximum Gasteiger partial charge on any atom is 0.267 e. The molecule has 21 heavy (non-hydrogen) atoms. The second-order valence-electron chi connectivity index (χ2n) is 7.42. The van der Waals surface area contributed by atoms with Crippen molar-refractivity contribution in [3.63, 3.8) is 0 Å². The third-order valence-corrected chi connectivity index (χ3v) is 6.29. The highest BCUT2D eigenvalue weighted by atomic mass is 16.1. The minimum atomic E-state index is 0.112. The van der Waals surface area contributed by atoms with Gasteiger partial charge in [0.2, 0.25) is 0 Å². The number of nitrogens with one attached hydrogen (secondary N) is 1. The number of fused-ring (bicyclic) bond motifs is 5. The van der Waals surface area contributed by atoms with Crippen LogP contribution in [0.4, 0.5) is 0 Å². The highest BCUT2D eigenvalue weighted by Crippen LogP contribution is 2.66. The zero-order valence-corrected chi connectivity index (χ0v) is 12.9. The van der Waals surface area contributed by atoms with Crippen molar-refractivity contribution in [2.24, 2.45) is 5.41 Å². The second-order valence-corrected chi connectivity index (χ2v) is 7.42. The molecular formula is C18H22N2O. The van der Waals surface area contributed by atoms with Crippen molar-refractivity contribution >= 4 is 0 Å². The van der Waals surface area contributed by atoms with Gasteiger partial charge in [-0.05, 0) is 29.7 Å².